The number of rotatable bonds is 5. The quantitative estimate of drug-likeness (QED) is 0.532. The standard InChI is InChI=1S/C18H14F2N4O3/c1-10(11-6-4-5-9-14(11)27-18(19)20)21-24-17(26)15-12-7-2-3-8-13(12)16(25)23-22-15/h2-9,18H,1H3,(H,23,25)(H,24,26)/b21-10-. The van der Waals surface area contributed by atoms with Crippen molar-refractivity contribution in [3.63, 3.8) is 0 Å². The van der Waals surface area contributed by atoms with Crippen molar-refractivity contribution >= 4 is 22.4 Å². The highest BCUT2D eigenvalue weighted by atomic mass is 19.3. The molecule has 2 N–H and O–H groups in total. The summed E-state index contributed by atoms with van der Waals surface area (Å²) >= 11 is 0. The molecule has 0 unspecified atom stereocenters. The molecule has 0 aliphatic heterocycles. The molecule has 0 bridgehead atoms. The zero-order chi connectivity index (χ0) is 19.4. The number of carbonyl (C=O) groups is 1. The summed E-state index contributed by atoms with van der Waals surface area (Å²) in [7, 11) is 0. The SMILES string of the molecule is C/C(=N/NC(=O)c1n[nH]c(=O)c2ccccc12)c1ccccc1OC(F)F. The molecule has 3 aromatic rings. The zero-order valence-corrected chi connectivity index (χ0v) is 14.1. The van der Waals surface area contributed by atoms with E-state index in [0.29, 0.717) is 16.3 Å². The number of halogens is 2. The van der Waals surface area contributed by atoms with Crippen LogP contribution in [0.3, 0.4) is 0 Å². The first kappa shape index (κ1) is 18.2. The van der Waals surface area contributed by atoms with Gasteiger partial charge in [0, 0.05) is 10.9 Å². The van der Waals surface area contributed by atoms with Gasteiger partial charge >= 0.3 is 6.61 Å². The van der Waals surface area contributed by atoms with Gasteiger partial charge in [0.2, 0.25) is 0 Å². The van der Waals surface area contributed by atoms with E-state index in [4.69, 9.17) is 0 Å². The maximum atomic E-state index is 12.5. The van der Waals surface area contributed by atoms with Gasteiger partial charge in [0.05, 0.1) is 11.1 Å². The van der Waals surface area contributed by atoms with Crippen molar-refractivity contribution in [2.45, 2.75) is 13.5 Å². The molecule has 0 fully saturated rings. The highest BCUT2D eigenvalue weighted by molar-refractivity contribution is 6.06. The van der Waals surface area contributed by atoms with E-state index in [9.17, 15) is 18.4 Å². The first-order valence-electron chi connectivity index (χ1n) is 7.83. The monoisotopic (exact) mass is 372 g/mol. The van der Waals surface area contributed by atoms with Gasteiger partial charge in [-0.1, -0.05) is 30.3 Å². The van der Waals surface area contributed by atoms with Crippen molar-refractivity contribution in [1.29, 1.82) is 0 Å². The number of fused-ring (bicyclic) bond motifs is 1. The van der Waals surface area contributed by atoms with Crippen LogP contribution in [0.4, 0.5) is 8.78 Å². The predicted octanol–water partition coefficient (Wildman–Crippen LogP) is 2.68. The Balaban J connectivity index is 1.88. The van der Waals surface area contributed by atoms with Gasteiger partial charge in [0.25, 0.3) is 11.5 Å². The fraction of sp³-hybridized carbons (Fsp3) is 0.111. The molecule has 1 heterocycles. The third-order valence-corrected chi connectivity index (χ3v) is 3.73. The second-order valence-electron chi connectivity index (χ2n) is 5.46. The number of para-hydroxylation sites is 1. The molecule has 138 valence electrons. The largest absolute Gasteiger partial charge is 0.434 e. The van der Waals surface area contributed by atoms with Crippen LogP contribution >= 0.6 is 0 Å². The molecule has 0 spiro atoms. The summed E-state index contributed by atoms with van der Waals surface area (Å²) in [5.41, 5.74) is 2.44. The second kappa shape index (κ2) is 7.73. The van der Waals surface area contributed by atoms with Crippen molar-refractivity contribution in [2.75, 3.05) is 0 Å². The Hall–Kier alpha value is -3.62. The van der Waals surface area contributed by atoms with Crippen LogP contribution in [0.25, 0.3) is 10.8 Å². The second-order valence-corrected chi connectivity index (χ2v) is 5.46. The average molecular weight is 372 g/mol. The number of nitrogens with one attached hydrogen (secondary N) is 2. The van der Waals surface area contributed by atoms with E-state index in [1.54, 1.807) is 36.4 Å². The predicted molar refractivity (Wildman–Crippen MR) is 95.1 cm³/mol. The van der Waals surface area contributed by atoms with Crippen LogP contribution in [0.15, 0.2) is 58.4 Å². The number of nitrogens with zero attached hydrogens (tertiary/aromatic N) is 2. The molecular weight excluding hydrogens is 358 g/mol. The fourth-order valence-corrected chi connectivity index (χ4v) is 2.50. The normalized spacial score (nSPS) is 11.6. The molecule has 3 rings (SSSR count). The van der Waals surface area contributed by atoms with Gasteiger partial charge in [-0.3, -0.25) is 9.59 Å². The third kappa shape index (κ3) is 3.97. The number of amides is 1. The Labute approximate surface area is 151 Å². The summed E-state index contributed by atoms with van der Waals surface area (Å²) in [6, 6.07) is 12.6. The first-order chi connectivity index (χ1) is 13.0. The van der Waals surface area contributed by atoms with Gasteiger partial charge < -0.3 is 4.74 Å². The van der Waals surface area contributed by atoms with E-state index in [-0.39, 0.29) is 17.2 Å². The van der Waals surface area contributed by atoms with Gasteiger partial charge in [-0.05, 0) is 25.1 Å². The maximum absolute atomic E-state index is 12.5. The van der Waals surface area contributed by atoms with Crippen LogP contribution in [0, 0.1) is 0 Å². The number of alkyl halides is 2. The topological polar surface area (TPSA) is 96.4 Å². The lowest BCUT2D eigenvalue weighted by Gasteiger charge is -2.10. The van der Waals surface area contributed by atoms with E-state index in [1.165, 1.54) is 19.1 Å². The van der Waals surface area contributed by atoms with Crippen molar-refractivity contribution in [3.8, 4) is 5.75 Å². The van der Waals surface area contributed by atoms with Crippen LogP contribution in [-0.4, -0.2) is 28.4 Å². The van der Waals surface area contributed by atoms with E-state index in [1.807, 2.05) is 0 Å². The average Bonchev–Trinajstić information content (AvgIpc) is 2.66. The number of benzene rings is 2. The van der Waals surface area contributed by atoms with Crippen LogP contribution in [0.5, 0.6) is 5.75 Å². The molecule has 1 aromatic heterocycles. The van der Waals surface area contributed by atoms with Gasteiger partial charge in [-0.25, -0.2) is 10.5 Å². The Morgan fingerprint density at radius 2 is 1.81 bits per heavy atom. The van der Waals surface area contributed by atoms with Gasteiger partial charge in [0.15, 0.2) is 5.69 Å². The summed E-state index contributed by atoms with van der Waals surface area (Å²) in [4.78, 5) is 24.2. The smallest absolute Gasteiger partial charge is 0.387 e. The molecular formula is C18H14F2N4O3. The molecule has 9 heteroatoms. The number of aromatic amines is 1. The summed E-state index contributed by atoms with van der Waals surface area (Å²) in [6.45, 7) is -1.45. The first-order valence-corrected chi connectivity index (χ1v) is 7.83. The van der Waals surface area contributed by atoms with E-state index >= 15 is 0 Å². The molecule has 1 amide bonds. The molecule has 2 aromatic carbocycles. The lowest BCUT2D eigenvalue weighted by molar-refractivity contribution is -0.0499. The summed E-state index contributed by atoms with van der Waals surface area (Å²) < 4.78 is 29.5. The lowest BCUT2D eigenvalue weighted by Crippen LogP contribution is -2.23. The Kier molecular flexibility index (Phi) is 5.20. The fourth-order valence-electron chi connectivity index (χ4n) is 2.50. The molecule has 0 saturated carbocycles. The van der Waals surface area contributed by atoms with Crippen LogP contribution < -0.4 is 15.7 Å². The minimum absolute atomic E-state index is 0.0149. The van der Waals surface area contributed by atoms with E-state index in [0.717, 1.165) is 0 Å². The third-order valence-electron chi connectivity index (χ3n) is 3.73. The summed E-state index contributed by atoms with van der Waals surface area (Å²) in [5, 5.41) is 10.6. The van der Waals surface area contributed by atoms with Crippen molar-refractivity contribution in [2.24, 2.45) is 5.10 Å². The van der Waals surface area contributed by atoms with Gasteiger partial charge in [0.1, 0.15) is 5.75 Å². The maximum Gasteiger partial charge on any atom is 0.387 e. The number of hydrogen-bond acceptors (Lipinski definition) is 5. The Morgan fingerprint density at radius 1 is 1.15 bits per heavy atom. The minimum Gasteiger partial charge on any atom is -0.434 e. The number of hydrogen-bond donors (Lipinski definition) is 2. The number of carbonyl (C=O) groups excluding carboxylic acids is 1. The molecule has 7 nitrogen and oxygen atoms in total. The summed E-state index contributed by atoms with van der Waals surface area (Å²) in [5.74, 6) is -0.718. The number of H-pyrrole nitrogens is 1. The van der Waals surface area contributed by atoms with Gasteiger partial charge in [-0.2, -0.15) is 19.0 Å². The van der Waals surface area contributed by atoms with E-state index < -0.39 is 18.1 Å². The molecule has 0 atom stereocenters. The van der Waals surface area contributed by atoms with Crippen molar-refractivity contribution < 1.29 is 18.3 Å². The van der Waals surface area contributed by atoms with Gasteiger partial charge in [-0.15, -0.1) is 0 Å². The summed E-state index contributed by atoms with van der Waals surface area (Å²) in [6.07, 6.45) is 0. The minimum atomic E-state index is -2.98. The molecule has 0 saturated heterocycles. The number of hydrazone groups is 1. The van der Waals surface area contributed by atoms with Crippen molar-refractivity contribution in [1.82, 2.24) is 15.6 Å². The molecule has 0 aliphatic carbocycles. The Bertz CT molecular complexity index is 1080. The van der Waals surface area contributed by atoms with Crippen molar-refractivity contribution in [3.05, 3.63) is 70.1 Å². The molecule has 0 aliphatic rings. The molecule has 27 heavy (non-hydrogen) atoms. The lowest BCUT2D eigenvalue weighted by atomic mass is 10.1. The van der Waals surface area contributed by atoms with Crippen LogP contribution in [-0.2, 0) is 0 Å². The highest BCUT2D eigenvalue weighted by Gasteiger charge is 2.15. The van der Waals surface area contributed by atoms with Crippen LogP contribution in [0.1, 0.15) is 23.0 Å². The number of ether oxygens (including phenoxy) is 1. The molecule has 0 radical (unpaired) electrons. The number of aromatic nitrogens is 2. The zero-order valence-electron chi connectivity index (χ0n) is 14.1. The highest BCUT2D eigenvalue weighted by Crippen LogP contribution is 2.21. The van der Waals surface area contributed by atoms with Crippen LogP contribution in [0.2, 0.25) is 0 Å². The Morgan fingerprint density at radius 3 is 2.56 bits per heavy atom. The van der Waals surface area contributed by atoms with E-state index in [2.05, 4.69) is 25.5 Å².